The van der Waals surface area contributed by atoms with Gasteiger partial charge in [-0.25, -0.2) is 0 Å². The number of nitro groups is 1. The van der Waals surface area contributed by atoms with Crippen LogP contribution in [-0.2, 0) is 6.54 Å². The number of non-ortho nitro benzene ring substituents is 1. The number of rotatable bonds is 4. The number of nitrogens with one attached hydrogen (secondary N) is 1. The number of benzene rings is 2. The van der Waals surface area contributed by atoms with Crippen LogP contribution in [0.3, 0.4) is 0 Å². The van der Waals surface area contributed by atoms with Crippen LogP contribution in [0.1, 0.15) is 11.1 Å². The molecule has 0 spiro atoms. The average Bonchev–Trinajstić information content (AvgIpc) is 2.38. The molecule has 0 aliphatic carbocycles. The fourth-order valence-electron chi connectivity index (χ4n) is 1.82. The van der Waals surface area contributed by atoms with E-state index in [1.165, 1.54) is 12.1 Å². The molecule has 0 heterocycles. The molecule has 5 nitrogen and oxygen atoms in total. The Balaban J connectivity index is 0.00000200. The van der Waals surface area contributed by atoms with Gasteiger partial charge in [-0.1, -0.05) is 12.1 Å². The first kappa shape index (κ1) is 15.8. The van der Waals surface area contributed by atoms with Gasteiger partial charge in [0.05, 0.1) is 4.92 Å². The lowest BCUT2D eigenvalue weighted by Gasteiger charge is -2.10. The molecule has 2 aromatic carbocycles. The monoisotopic (exact) mass is 293 g/mol. The molecule has 0 aliphatic heterocycles. The Morgan fingerprint density at radius 3 is 2.40 bits per heavy atom. The van der Waals surface area contributed by atoms with E-state index >= 15 is 0 Å². The molecule has 2 rings (SSSR count). The Bertz CT molecular complexity index is 600. The van der Waals surface area contributed by atoms with Crippen molar-refractivity contribution in [2.24, 2.45) is 0 Å². The van der Waals surface area contributed by atoms with Crippen LogP contribution in [-0.4, -0.2) is 4.92 Å². The summed E-state index contributed by atoms with van der Waals surface area (Å²) in [6.45, 7) is 2.59. The molecule has 0 atom stereocenters. The van der Waals surface area contributed by atoms with E-state index in [2.05, 4.69) is 5.32 Å². The van der Waals surface area contributed by atoms with Crippen molar-refractivity contribution in [3.63, 3.8) is 0 Å². The minimum absolute atomic E-state index is 0. The molecule has 0 aromatic heterocycles. The lowest BCUT2D eigenvalue weighted by Crippen LogP contribution is -2.01. The van der Waals surface area contributed by atoms with Crippen molar-refractivity contribution in [3.05, 3.63) is 63.7 Å². The average molecular weight is 294 g/mol. The second-order valence-corrected chi connectivity index (χ2v) is 4.35. The van der Waals surface area contributed by atoms with E-state index in [0.29, 0.717) is 6.54 Å². The zero-order valence-electron chi connectivity index (χ0n) is 11.0. The summed E-state index contributed by atoms with van der Waals surface area (Å²) in [6.07, 6.45) is 0. The smallest absolute Gasteiger partial charge is 0.269 e. The van der Waals surface area contributed by atoms with Gasteiger partial charge in [0.1, 0.15) is 0 Å². The molecule has 0 unspecified atom stereocenters. The predicted molar refractivity (Wildman–Crippen MR) is 83.3 cm³/mol. The van der Waals surface area contributed by atoms with Gasteiger partial charge in [0.15, 0.2) is 0 Å². The van der Waals surface area contributed by atoms with Crippen LogP contribution in [0.4, 0.5) is 17.1 Å². The molecule has 3 N–H and O–H groups in total. The third-order valence-electron chi connectivity index (χ3n) is 2.88. The second kappa shape index (κ2) is 6.77. The molecule has 6 heteroatoms. The van der Waals surface area contributed by atoms with Crippen LogP contribution < -0.4 is 11.1 Å². The maximum absolute atomic E-state index is 10.5. The molecule has 0 bridgehead atoms. The van der Waals surface area contributed by atoms with Crippen molar-refractivity contribution in [1.82, 2.24) is 0 Å². The van der Waals surface area contributed by atoms with Gasteiger partial charge in [-0.05, 0) is 36.2 Å². The van der Waals surface area contributed by atoms with Crippen molar-refractivity contribution >= 4 is 29.5 Å². The Labute approximate surface area is 123 Å². The normalized spacial score (nSPS) is 9.65. The van der Waals surface area contributed by atoms with Crippen LogP contribution in [0.15, 0.2) is 42.5 Å². The van der Waals surface area contributed by atoms with Gasteiger partial charge in [-0.2, -0.15) is 0 Å². The van der Waals surface area contributed by atoms with Crippen LogP contribution in [0.2, 0.25) is 0 Å². The Kier molecular flexibility index (Phi) is 5.34. The molecule has 0 amide bonds. The SMILES string of the molecule is Cc1cc(N)ccc1NCc1ccc([N+](=O)[O-])cc1.Cl. The second-order valence-electron chi connectivity index (χ2n) is 4.35. The maximum atomic E-state index is 10.5. The van der Waals surface area contributed by atoms with Gasteiger partial charge in [-0.3, -0.25) is 10.1 Å². The molecule has 106 valence electrons. The summed E-state index contributed by atoms with van der Waals surface area (Å²) in [6, 6.07) is 12.2. The Morgan fingerprint density at radius 2 is 1.85 bits per heavy atom. The van der Waals surface area contributed by atoms with E-state index in [0.717, 1.165) is 22.5 Å². The highest BCUT2D eigenvalue weighted by molar-refractivity contribution is 5.85. The first-order chi connectivity index (χ1) is 9.06. The maximum Gasteiger partial charge on any atom is 0.269 e. The number of nitrogens with zero attached hydrogens (tertiary/aromatic N) is 1. The highest BCUT2D eigenvalue weighted by Gasteiger charge is 2.04. The Hall–Kier alpha value is -2.27. The summed E-state index contributed by atoms with van der Waals surface area (Å²) in [7, 11) is 0. The van der Waals surface area contributed by atoms with E-state index in [1.54, 1.807) is 12.1 Å². The lowest BCUT2D eigenvalue weighted by molar-refractivity contribution is -0.384. The van der Waals surface area contributed by atoms with Crippen LogP contribution in [0.5, 0.6) is 0 Å². The summed E-state index contributed by atoms with van der Waals surface area (Å²) < 4.78 is 0. The molecule has 0 radical (unpaired) electrons. The van der Waals surface area contributed by atoms with E-state index in [4.69, 9.17) is 5.73 Å². The van der Waals surface area contributed by atoms with Crippen LogP contribution in [0.25, 0.3) is 0 Å². The molecular weight excluding hydrogens is 278 g/mol. The number of hydrogen-bond donors (Lipinski definition) is 2. The zero-order valence-corrected chi connectivity index (χ0v) is 11.8. The minimum Gasteiger partial charge on any atom is -0.399 e. The van der Waals surface area contributed by atoms with E-state index in [1.807, 2.05) is 25.1 Å². The minimum atomic E-state index is -0.401. The molecule has 20 heavy (non-hydrogen) atoms. The van der Waals surface area contributed by atoms with Gasteiger partial charge < -0.3 is 11.1 Å². The fourth-order valence-corrected chi connectivity index (χ4v) is 1.82. The first-order valence-corrected chi connectivity index (χ1v) is 5.89. The van der Waals surface area contributed by atoms with Gasteiger partial charge in [0, 0.05) is 30.1 Å². The number of aryl methyl sites for hydroxylation is 1. The van der Waals surface area contributed by atoms with Gasteiger partial charge in [0.25, 0.3) is 5.69 Å². The van der Waals surface area contributed by atoms with E-state index in [9.17, 15) is 10.1 Å². The van der Waals surface area contributed by atoms with Crippen molar-refractivity contribution in [2.75, 3.05) is 11.1 Å². The van der Waals surface area contributed by atoms with Crippen molar-refractivity contribution in [2.45, 2.75) is 13.5 Å². The number of nitrogens with two attached hydrogens (primary N) is 1. The number of hydrogen-bond acceptors (Lipinski definition) is 4. The third kappa shape index (κ3) is 3.86. The van der Waals surface area contributed by atoms with Crippen molar-refractivity contribution < 1.29 is 4.92 Å². The van der Waals surface area contributed by atoms with E-state index in [-0.39, 0.29) is 18.1 Å². The Morgan fingerprint density at radius 1 is 1.20 bits per heavy atom. The van der Waals surface area contributed by atoms with Gasteiger partial charge in [0.2, 0.25) is 0 Å². The summed E-state index contributed by atoms with van der Waals surface area (Å²) in [4.78, 5) is 10.1. The molecular formula is C14H16ClN3O2. The number of halogens is 1. The first-order valence-electron chi connectivity index (χ1n) is 5.89. The standard InChI is InChI=1S/C14H15N3O2.ClH/c1-10-8-12(15)4-7-14(10)16-9-11-2-5-13(6-3-11)17(18)19;/h2-8,16H,9,15H2,1H3;1H. The molecule has 0 aliphatic rings. The predicted octanol–water partition coefficient (Wildman–Crippen LogP) is 3.52. The molecule has 0 saturated carbocycles. The summed E-state index contributed by atoms with van der Waals surface area (Å²) >= 11 is 0. The van der Waals surface area contributed by atoms with Crippen LogP contribution in [0, 0.1) is 17.0 Å². The van der Waals surface area contributed by atoms with Gasteiger partial charge in [-0.15, -0.1) is 12.4 Å². The van der Waals surface area contributed by atoms with Crippen LogP contribution >= 0.6 is 12.4 Å². The molecule has 0 saturated heterocycles. The number of nitrogen functional groups attached to an aromatic ring is 1. The largest absolute Gasteiger partial charge is 0.399 e. The van der Waals surface area contributed by atoms with Crippen molar-refractivity contribution in [3.8, 4) is 0 Å². The number of anilines is 2. The highest BCUT2D eigenvalue weighted by Crippen LogP contribution is 2.19. The third-order valence-corrected chi connectivity index (χ3v) is 2.88. The number of nitro benzene ring substituents is 1. The van der Waals surface area contributed by atoms with Crippen molar-refractivity contribution in [1.29, 1.82) is 0 Å². The zero-order chi connectivity index (χ0) is 13.8. The summed E-state index contributed by atoms with van der Waals surface area (Å²) in [5.74, 6) is 0. The van der Waals surface area contributed by atoms with E-state index < -0.39 is 4.92 Å². The highest BCUT2D eigenvalue weighted by atomic mass is 35.5. The fraction of sp³-hybridized carbons (Fsp3) is 0.143. The summed E-state index contributed by atoms with van der Waals surface area (Å²) in [5.41, 5.74) is 9.59. The summed E-state index contributed by atoms with van der Waals surface area (Å²) in [5, 5.41) is 13.8. The lowest BCUT2D eigenvalue weighted by atomic mass is 10.1. The topological polar surface area (TPSA) is 81.2 Å². The quantitative estimate of drug-likeness (QED) is 0.513. The van der Waals surface area contributed by atoms with Gasteiger partial charge >= 0.3 is 0 Å². The molecule has 0 fully saturated rings. The molecule has 2 aromatic rings.